The predicted molar refractivity (Wildman–Crippen MR) is 77.0 cm³/mol. The third-order valence-electron chi connectivity index (χ3n) is 2.86. The van der Waals surface area contributed by atoms with Gasteiger partial charge in [0.1, 0.15) is 5.82 Å². The lowest BCUT2D eigenvalue weighted by Crippen LogP contribution is -2.11. The predicted octanol–water partition coefficient (Wildman–Crippen LogP) is 4.16. The van der Waals surface area contributed by atoms with Crippen molar-refractivity contribution in [2.45, 2.75) is 26.2 Å². The van der Waals surface area contributed by atoms with Crippen LogP contribution in [0.15, 0.2) is 35.7 Å². The standard InChI is InChI=1S/C15H16FNOS/c1-11-7-8-12(10-14(11)16)17-15(18)6-2-4-13-5-3-9-19-13/h3,5,7-10H,2,4,6H2,1H3,(H,17,18). The number of carbonyl (C=O) groups excluding carboxylic acids is 1. The molecule has 0 spiro atoms. The minimum Gasteiger partial charge on any atom is -0.326 e. The summed E-state index contributed by atoms with van der Waals surface area (Å²) in [6, 6.07) is 8.81. The van der Waals surface area contributed by atoms with Gasteiger partial charge in [-0.1, -0.05) is 12.1 Å². The van der Waals surface area contributed by atoms with Crippen LogP contribution in [0.25, 0.3) is 0 Å². The Balaban J connectivity index is 1.79. The van der Waals surface area contributed by atoms with Gasteiger partial charge in [-0.15, -0.1) is 11.3 Å². The Hall–Kier alpha value is -1.68. The maximum Gasteiger partial charge on any atom is 0.224 e. The lowest BCUT2D eigenvalue weighted by Gasteiger charge is -2.06. The number of thiophene rings is 1. The molecular weight excluding hydrogens is 261 g/mol. The molecule has 1 aromatic carbocycles. The Morgan fingerprint density at radius 3 is 2.89 bits per heavy atom. The third-order valence-corrected chi connectivity index (χ3v) is 3.80. The lowest BCUT2D eigenvalue weighted by atomic mass is 10.2. The summed E-state index contributed by atoms with van der Waals surface area (Å²) >= 11 is 1.70. The van der Waals surface area contributed by atoms with E-state index in [0.717, 1.165) is 12.8 Å². The average molecular weight is 277 g/mol. The van der Waals surface area contributed by atoms with Gasteiger partial charge < -0.3 is 5.32 Å². The number of anilines is 1. The highest BCUT2D eigenvalue weighted by atomic mass is 32.1. The molecule has 0 aliphatic heterocycles. The molecular formula is C15H16FNOS. The zero-order chi connectivity index (χ0) is 13.7. The number of hydrogen-bond donors (Lipinski definition) is 1. The molecule has 19 heavy (non-hydrogen) atoms. The maximum absolute atomic E-state index is 13.3. The minimum absolute atomic E-state index is 0.0696. The highest BCUT2D eigenvalue weighted by molar-refractivity contribution is 7.09. The molecule has 100 valence electrons. The van der Waals surface area contributed by atoms with Gasteiger partial charge in [-0.25, -0.2) is 4.39 Å². The van der Waals surface area contributed by atoms with Crippen molar-refractivity contribution in [2.24, 2.45) is 0 Å². The molecule has 0 saturated heterocycles. The van der Waals surface area contributed by atoms with Gasteiger partial charge in [0.15, 0.2) is 0 Å². The molecule has 1 N–H and O–H groups in total. The molecule has 1 aromatic heterocycles. The molecule has 1 amide bonds. The number of amides is 1. The van der Waals surface area contributed by atoms with E-state index in [1.165, 1.54) is 10.9 Å². The van der Waals surface area contributed by atoms with Crippen LogP contribution in [0.2, 0.25) is 0 Å². The van der Waals surface area contributed by atoms with Crippen LogP contribution >= 0.6 is 11.3 Å². The van der Waals surface area contributed by atoms with Gasteiger partial charge in [-0.2, -0.15) is 0 Å². The third kappa shape index (κ3) is 4.17. The molecule has 2 rings (SSSR count). The summed E-state index contributed by atoms with van der Waals surface area (Å²) in [4.78, 5) is 13.0. The summed E-state index contributed by atoms with van der Waals surface area (Å²) in [5.41, 5.74) is 1.10. The van der Waals surface area contributed by atoms with E-state index in [4.69, 9.17) is 0 Å². The van der Waals surface area contributed by atoms with Crippen LogP contribution in [0.1, 0.15) is 23.3 Å². The van der Waals surface area contributed by atoms with Gasteiger partial charge in [-0.3, -0.25) is 4.79 Å². The first kappa shape index (κ1) is 13.7. The molecule has 4 heteroatoms. The Labute approximate surface area is 116 Å². The summed E-state index contributed by atoms with van der Waals surface area (Å²) in [6.07, 6.45) is 2.17. The van der Waals surface area contributed by atoms with Crippen LogP contribution in [-0.2, 0) is 11.2 Å². The Morgan fingerprint density at radius 1 is 1.37 bits per heavy atom. The first-order valence-electron chi connectivity index (χ1n) is 6.23. The van der Waals surface area contributed by atoms with Gasteiger partial charge >= 0.3 is 0 Å². The number of nitrogens with one attached hydrogen (secondary N) is 1. The number of carbonyl (C=O) groups is 1. The van der Waals surface area contributed by atoms with E-state index in [-0.39, 0.29) is 11.7 Å². The monoisotopic (exact) mass is 277 g/mol. The lowest BCUT2D eigenvalue weighted by molar-refractivity contribution is -0.116. The Kier molecular flexibility index (Phi) is 4.68. The van der Waals surface area contributed by atoms with Crippen LogP contribution in [0, 0.1) is 12.7 Å². The summed E-state index contributed by atoms with van der Waals surface area (Å²) < 4.78 is 13.3. The second-order valence-electron chi connectivity index (χ2n) is 4.45. The minimum atomic E-state index is -0.295. The summed E-state index contributed by atoms with van der Waals surface area (Å²) in [7, 11) is 0. The highest BCUT2D eigenvalue weighted by Crippen LogP contribution is 2.15. The number of rotatable bonds is 5. The van der Waals surface area contributed by atoms with Gasteiger partial charge in [-0.05, 0) is 48.9 Å². The van der Waals surface area contributed by atoms with E-state index in [1.54, 1.807) is 30.4 Å². The molecule has 0 radical (unpaired) electrons. The van der Waals surface area contributed by atoms with Gasteiger partial charge in [0.05, 0.1) is 0 Å². The van der Waals surface area contributed by atoms with Crippen molar-refractivity contribution < 1.29 is 9.18 Å². The quantitative estimate of drug-likeness (QED) is 0.873. The van der Waals surface area contributed by atoms with Crippen LogP contribution < -0.4 is 5.32 Å². The summed E-state index contributed by atoms with van der Waals surface area (Å²) in [6.45, 7) is 1.70. The number of aryl methyl sites for hydroxylation is 2. The van der Waals surface area contributed by atoms with E-state index in [2.05, 4.69) is 11.4 Å². The van der Waals surface area contributed by atoms with Gasteiger partial charge in [0.25, 0.3) is 0 Å². The first-order chi connectivity index (χ1) is 9.15. The first-order valence-corrected chi connectivity index (χ1v) is 7.11. The molecule has 2 nitrogen and oxygen atoms in total. The van der Waals surface area contributed by atoms with E-state index in [9.17, 15) is 9.18 Å². The van der Waals surface area contributed by atoms with Crippen molar-refractivity contribution >= 4 is 22.9 Å². The Bertz CT molecular complexity index is 551. The zero-order valence-electron chi connectivity index (χ0n) is 10.8. The van der Waals surface area contributed by atoms with Crippen LogP contribution in [-0.4, -0.2) is 5.91 Å². The molecule has 0 aliphatic rings. The van der Waals surface area contributed by atoms with Gasteiger partial charge in [0.2, 0.25) is 5.91 Å². The molecule has 0 saturated carbocycles. The van der Waals surface area contributed by atoms with Crippen molar-refractivity contribution in [1.82, 2.24) is 0 Å². The average Bonchev–Trinajstić information content (AvgIpc) is 2.87. The highest BCUT2D eigenvalue weighted by Gasteiger charge is 2.05. The van der Waals surface area contributed by atoms with Crippen molar-refractivity contribution in [3.8, 4) is 0 Å². The number of hydrogen-bond acceptors (Lipinski definition) is 2. The largest absolute Gasteiger partial charge is 0.326 e. The molecule has 0 fully saturated rings. The van der Waals surface area contributed by atoms with E-state index in [0.29, 0.717) is 17.7 Å². The van der Waals surface area contributed by atoms with Crippen LogP contribution in [0.4, 0.5) is 10.1 Å². The molecule has 2 aromatic rings. The van der Waals surface area contributed by atoms with Crippen molar-refractivity contribution in [1.29, 1.82) is 0 Å². The van der Waals surface area contributed by atoms with E-state index >= 15 is 0 Å². The summed E-state index contributed by atoms with van der Waals surface area (Å²) in [5.74, 6) is -0.365. The van der Waals surface area contributed by atoms with Crippen molar-refractivity contribution in [2.75, 3.05) is 5.32 Å². The molecule has 1 heterocycles. The molecule has 0 unspecified atom stereocenters. The SMILES string of the molecule is Cc1ccc(NC(=O)CCCc2cccs2)cc1F. The second-order valence-corrected chi connectivity index (χ2v) is 5.48. The fraction of sp³-hybridized carbons (Fsp3) is 0.267. The fourth-order valence-corrected chi connectivity index (χ4v) is 2.52. The topological polar surface area (TPSA) is 29.1 Å². The Morgan fingerprint density at radius 2 is 2.21 bits per heavy atom. The van der Waals surface area contributed by atoms with Crippen LogP contribution in [0.5, 0.6) is 0 Å². The zero-order valence-corrected chi connectivity index (χ0v) is 11.6. The normalized spacial score (nSPS) is 10.4. The maximum atomic E-state index is 13.3. The smallest absolute Gasteiger partial charge is 0.224 e. The number of benzene rings is 1. The molecule has 0 bridgehead atoms. The second kappa shape index (κ2) is 6.48. The number of halogens is 1. The fourth-order valence-electron chi connectivity index (χ4n) is 1.77. The molecule has 0 atom stereocenters. The molecule has 0 aliphatic carbocycles. The van der Waals surface area contributed by atoms with E-state index < -0.39 is 0 Å². The van der Waals surface area contributed by atoms with Crippen molar-refractivity contribution in [3.63, 3.8) is 0 Å². The summed E-state index contributed by atoms with van der Waals surface area (Å²) in [5, 5.41) is 4.75. The van der Waals surface area contributed by atoms with Crippen molar-refractivity contribution in [3.05, 3.63) is 52.0 Å². The van der Waals surface area contributed by atoms with E-state index in [1.807, 2.05) is 11.4 Å². The van der Waals surface area contributed by atoms with Gasteiger partial charge in [0, 0.05) is 17.0 Å². The van der Waals surface area contributed by atoms with Crippen LogP contribution in [0.3, 0.4) is 0 Å².